The van der Waals surface area contributed by atoms with Gasteiger partial charge in [-0.15, -0.1) is 0 Å². The Morgan fingerprint density at radius 2 is 1.76 bits per heavy atom. The van der Waals surface area contributed by atoms with Gasteiger partial charge < -0.3 is 0 Å². The zero-order valence-electron chi connectivity index (χ0n) is 22.6. The molecule has 33 heavy (non-hydrogen) atoms. The predicted octanol–water partition coefficient (Wildman–Crippen LogP) is 10.3. The van der Waals surface area contributed by atoms with Crippen LogP contribution in [0.3, 0.4) is 0 Å². The molecule has 4 unspecified atom stereocenters. The molecule has 4 atom stereocenters. The van der Waals surface area contributed by atoms with Crippen molar-refractivity contribution >= 4 is 0 Å². The maximum absolute atomic E-state index is 4.66. The minimum atomic E-state index is 0.268. The smallest absolute Gasteiger partial charge is 0.00583 e. The number of rotatable bonds is 11. The van der Waals surface area contributed by atoms with Crippen LogP contribution in [0.15, 0.2) is 53.6 Å². The third-order valence-corrected chi connectivity index (χ3v) is 8.71. The monoisotopic (exact) mass is 448 g/mol. The molecule has 0 amide bonds. The molecule has 0 heterocycles. The molecule has 0 aliphatic heterocycles. The van der Waals surface area contributed by atoms with Crippen molar-refractivity contribution in [2.24, 2.45) is 29.1 Å². The van der Waals surface area contributed by atoms with Gasteiger partial charge in [-0.3, -0.25) is 0 Å². The zero-order valence-corrected chi connectivity index (χ0v) is 22.6. The molecule has 0 saturated heterocycles. The molecule has 0 aromatic heterocycles. The SMILES string of the molecule is C=C(CCC)C(C(=C1CCC1)C(C)C1CCCC(CCCCc2ccccc2)C1)C(C)(C)C. The van der Waals surface area contributed by atoms with Gasteiger partial charge in [-0.2, -0.15) is 0 Å². The van der Waals surface area contributed by atoms with E-state index >= 15 is 0 Å². The fourth-order valence-electron chi connectivity index (χ4n) is 6.91. The molecule has 2 aliphatic rings. The molecule has 3 rings (SSSR count). The molecule has 184 valence electrons. The number of benzene rings is 1. The Kier molecular flexibility index (Phi) is 9.90. The van der Waals surface area contributed by atoms with Crippen LogP contribution in [0.1, 0.15) is 117 Å². The minimum absolute atomic E-state index is 0.268. The molecular formula is C33H52. The van der Waals surface area contributed by atoms with Gasteiger partial charge >= 0.3 is 0 Å². The summed E-state index contributed by atoms with van der Waals surface area (Å²) in [5, 5.41) is 0. The average molecular weight is 449 g/mol. The standard InChI is InChI=1S/C33H52/c1-7-15-25(2)32(33(4,5)6)31(29-21-14-22-29)26(3)30-23-13-20-28(24-30)19-12-11-18-27-16-9-8-10-17-27/h8-10,16-17,26,28,30,32H,2,7,11-15,18-24H2,1,3-6H3. The van der Waals surface area contributed by atoms with Gasteiger partial charge in [0.1, 0.15) is 0 Å². The van der Waals surface area contributed by atoms with Crippen LogP contribution in [0, 0.1) is 29.1 Å². The number of aryl methyl sites for hydroxylation is 1. The van der Waals surface area contributed by atoms with E-state index in [-0.39, 0.29) is 5.41 Å². The van der Waals surface area contributed by atoms with Crippen LogP contribution in [0.5, 0.6) is 0 Å². The number of unbranched alkanes of at least 4 members (excludes halogenated alkanes) is 1. The van der Waals surface area contributed by atoms with Crippen molar-refractivity contribution in [2.45, 2.75) is 118 Å². The lowest BCUT2D eigenvalue weighted by Gasteiger charge is -2.44. The summed E-state index contributed by atoms with van der Waals surface area (Å²) in [5.41, 5.74) is 6.92. The second kappa shape index (κ2) is 12.4. The summed E-state index contributed by atoms with van der Waals surface area (Å²) >= 11 is 0. The first-order valence-electron chi connectivity index (χ1n) is 14.2. The average Bonchev–Trinajstić information content (AvgIpc) is 2.75. The molecule has 2 saturated carbocycles. The first kappa shape index (κ1) is 26.3. The van der Waals surface area contributed by atoms with Gasteiger partial charge in [-0.1, -0.05) is 120 Å². The Hall–Kier alpha value is -1.30. The van der Waals surface area contributed by atoms with Crippen molar-refractivity contribution in [3.05, 3.63) is 59.2 Å². The maximum atomic E-state index is 4.66. The third kappa shape index (κ3) is 7.34. The van der Waals surface area contributed by atoms with Crippen LogP contribution in [0.4, 0.5) is 0 Å². The van der Waals surface area contributed by atoms with Crippen LogP contribution in [-0.4, -0.2) is 0 Å². The summed E-state index contributed by atoms with van der Waals surface area (Å²) in [6.45, 7) is 16.9. The van der Waals surface area contributed by atoms with E-state index in [1.54, 1.807) is 0 Å². The molecular weight excluding hydrogens is 396 g/mol. The largest absolute Gasteiger partial charge is 0.0992 e. The third-order valence-electron chi connectivity index (χ3n) is 8.71. The van der Waals surface area contributed by atoms with Crippen LogP contribution in [-0.2, 0) is 6.42 Å². The quantitative estimate of drug-likeness (QED) is 0.233. The normalized spacial score (nSPS) is 23.0. The van der Waals surface area contributed by atoms with Crippen molar-refractivity contribution in [2.75, 3.05) is 0 Å². The molecule has 0 heteroatoms. The molecule has 2 aliphatic carbocycles. The summed E-state index contributed by atoms with van der Waals surface area (Å²) < 4.78 is 0. The minimum Gasteiger partial charge on any atom is -0.0992 e. The van der Waals surface area contributed by atoms with Gasteiger partial charge in [-0.25, -0.2) is 0 Å². The van der Waals surface area contributed by atoms with Crippen molar-refractivity contribution < 1.29 is 0 Å². The lowest BCUT2D eigenvalue weighted by atomic mass is 9.61. The summed E-state index contributed by atoms with van der Waals surface area (Å²) in [7, 11) is 0. The van der Waals surface area contributed by atoms with E-state index in [0.29, 0.717) is 5.92 Å². The predicted molar refractivity (Wildman–Crippen MR) is 146 cm³/mol. The highest BCUT2D eigenvalue weighted by atomic mass is 14.4. The van der Waals surface area contributed by atoms with E-state index in [4.69, 9.17) is 0 Å². The van der Waals surface area contributed by atoms with E-state index in [1.165, 1.54) is 94.6 Å². The van der Waals surface area contributed by atoms with Gasteiger partial charge in [0.25, 0.3) is 0 Å². The van der Waals surface area contributed by atoms with Crippen LogP contribution < -0.4 is 0 Å². The Labute approximate surface area is 206 Å². The fraction of sp³-hybridized carbons (Fsp3) is 0.697. The zero-order chi connectivity index (χ0) is 23.8. The number of allylic oxidation sites excluding steroid dienone is 3. The summed E-state index contributed by atoms with van der Waals surface area (Å²) in [4.78, 5) is 0. The van der Waals surface area contributed by atoms with Gasteiger partial charge in [0.05, 0.1) is 0 Å². The lowest BCUT2D eigenvalue weighted by Crippen LogP contribution is -2.33. The van der Waals surface area contributed by atoms with Crippen molar-refractivity contribution in [3.63, 3.8) is 0 Å². The highest BCUT2D eigenvalue weighted by molar-refractivity contribution is 5.32. The Bertz CT molecular complexity index is 753. The molecule has 1 aromatic rings. The molecule has 0 nitrogen and oxygen atoms in total. The van der Waals surface area contributed by atoms with Crippen LogP contribution in [0.2, 0.25) is 0 Å². The summed E-state index contributed by atoms with van der Waals surface area (Å²) in [6, 6.07) is 11.0. The van der Waals surface area contributed by atoms with Gasteiger partial charge in [0.2, 0.25) is 0 Å². The fourth-order valence-corrected chi connectivity index (χ4v) is 6.91. The number of hydrogen-bond acceptors (Lipinski definition) is 0. The van der Waals surface area contributed by atoms with E-state index in [2.05, 4.69) is 71.5 Å². The van der Waals surface area contributed by atoms with E-state index in [9.17, 15) is 0 Å². The van der Waals surface area contributed by atoms with Gasteiger partial charge in [-0.05, 0) is 80.1 Å². The van der Waals surface area contributed by atoms with Crippen LogP contribution in [0.25, 0.3) is 0 Å². The molecule has 1 aromatic carbocycles. The van der Waals surface area contributed by atoms with Crippen molar-refractivity contribution in [1.82, 2.24) is 0 Å². The maximum Gasteiger partial charge on any atom is 0.00583 e. The topological polar surface area (TPSA) is 0 Å². The van der Waals surface area contributed by atoms with Gasteiger partial charge in [0, 0.05) is 5.92 Å². The Balaban J connectivity index is 1.64. The second-order valence-corrected chi connectivity index (χ2v) is 12.4. The highest BCUT2D eigenvalue weighted by Crippen LogP contribution is 2.50. The highest BCUT2D eigenvalue weighted by Gasteiger charge is 2.38. The molecule has 0 N–H and O–H groups in total. The molecule has 2 fully saturated rings. The summed E-state index contributed by atoms with van der Waals surface area (Å²) in [5.74, 6) is 3.11. The number of hydrogen-bond donors (Lipinski definition) is 0. The van der Waals surface area contributed by atoms with Gasteiger partial charge in [0.15, 0.2) is 0 Å². The Morgan fingerprint density at radius 1 is 1.03 bits per heavy atom. The van der Waals surface area contributed by atoms with Crippen molar-refractivity contribution in [1.29, 1.82) is 0 Å². The molecule has 0 bridgehead atoms. The molecule has 0 spiro atoms. The summed E-state index contributed by atoms with van der Waals surface area (Å²) in [6.07, 6.45) is 17.7. The first-order valence-corrected chi connectivity index (χ1v) is 14.2. The van der Waals surface area contributed by atoms with E-state index < -0.39 is 0 Å². The van der Waals surface area contributed by atoms with E-state index in [0.717, 1.165) is 17.8 Å². The molecule has 0 radical (unpaired) electrons. The second-order valence-electron chi connectivity index (χ2n) is 12.4. The van der Waals surface area contributed by atoms with E-state index in [1.807, 2.05) is 11.1 Å². The Morgan fingerprint density at radius 3 is 2.36 bits per heavy atom. The van der Waals surface area contributed by atoms with Crippen LogP contribution >= 0.6 is 0 Å². The van der Waals surface area contributed by atoms with Crippen molar-refractivity contribution in [3.8, 4) is 0 Å². The first-order chi connectivity index (χ1) is 15.8. The lowest BCUT2D eigenvalue weighted by molar-refractivity contribution is 0.190.